The third-order valence-corrected chi connectivity index (χ3v) is 1.17. The first-order valence-electron chi connectivity index (χ1n) is 2.65. The summed E-state index contributed by atoms with van der Waals surface area (Å²) in [7, 11) is 0. The molecule has 0 heterocycles. The maximum Gasteiger partial charge on any atom is 0.247 e. The van der Waals surface area contributed by atoms with Crippen molar-refractivity contribution < 1.29 is 4.79 Å². The van der Waals surface area contributed by atoms with E-state index in [4.69, 9.17) is 34.8 Å². The number of rotatable bonds is 3. The third kappa shape index (κ3) is 6.33. The Morgan fingerprint density at radius 2 is 2.00 bits per heavy atom. The summed E-state index contributed by atoms with van der Waals surface area (Å²) >= 11 is 15.5. The van der Waals surface area contributed by atoms with Crippen LogP contribution in [0.4, 0.5) is 0 Å². The molecule has 0 atom stereocenters. The van der Waals surface area contributed by atoms with Gasteiger partial charge in [0.2, 0.25) is 5.91 Å². The smallest absolute Gasteiger partial charge is 0.247 e. The lowest BCUT2D eigenvalue weighted by atomic mass is 10.3. The summed E-state index contributed by atoms with van der Waals surface area (Å²) in [6.45, 7) is 0. The normalized spacial score (nSPS) is 9.10. The van der Waals surface area contributed by atoms with Crippen molar-refractivity contribution >= 4 is 45.3 Å². The van der Waals surface area contributed by atoms with Crippen LogP contribution in [0.3, 0.4) is 0 Å². The van der Waals surface area contributed by atoms with E-state index in [0.29, 0.717) is 18.7 Å². The highest BCUT2D eigenvalue weighted by Gasteiger charge is 1.98. The van der Waals surface area contributed by atoms with E-state index < -0.39 is 0 Å². The van der Waals surface area contributed by atoms with Crippen LogP contribution in [0.15, 0.2) is 4.99 Å². The molecule has 0 aromatic rings. The second-order valence-corrected chi connectivity index (χ2v) is 2.83. The molecule has 0 rings (SSSR count). The van der Waals surface area contributed by atoms with Crippen LogP contribution < -0.4 is 0 Å². The Balaban J connectivity index is 3.54. The predicted molar refractivity (Wildman–Crippen MR) is 44.1 cm³/mol. The van der Waals surface area contributed by atoms with Crippen LogP contribution >= 0.6 is 34.8 Å². The molecule has 0 N–H and O–H groups in total. The average molecular weight is 202 g/mol. The maximum absolute atomic E-state index is 10.6. The first-order chi connectivity index (χ1) is 4.66. The predicted octanol–water partition coefficient (Wildman–Crippen LogP) is 2.37. The molecule has 0 saturated heterocycles. The first kappa shape index (κ1) is 10.2. The third-order valence-electron chi connectivity index (χ3n) is 0.733. The van der Waals surface area contributed by atoms with Gasteiger partial charge in [-0.05, 0) is 29.6 Å². The van der Waals surface area contributed by atoms with Crippen molar-refractivity contribution in [3.63, 3.8) is 0 Å². The van der Waals surface area contributed by atoms with Crippen LogP contribution in [0.25, 0.3) is 0 Å². The summed E-state index contributed by atoms with van der Waals surface area (Å²) in [6, 6.07) is 0. The van der Waals surface area contributed by atoms with Crippen LogP contribution in [-0.4, -0.2) is 16.4 Å². The van der Waals surface area contributed by atoms with Crippen LogP contribution in [-0.2, 0) is 4.79 Å². The van der Waals surface area contributed by atoms with Gasteiger partial charge in [0, 0.05) is 12.3 Å². The van der Waals surface area contributed by atoms with Crippen LogP contribution in [0, 0.1) is 0 Å². The topological polar surface area (TPSA) is 29.4 Å². The highest BCUT2D eigenvalue weighted by atomic mass is 35.5. The minimum Gasteiger partial charge on any atom is -0.273 e. The molecule has 0 aliphatic carbocycles. The van der Waals surface area contributed by atoms with E-state index in [9.17, 15) is 4.79 Å². The van der Waals surface area contributed by atoms with Gasteiger partial charge in [0.25, 0.3) is 0 Å². The van der Waals surface area contributed by atoms with E-state index in [1.165, 1.54) is 0 Å². The summed E-state index contributed by atoms with van der Waals surface area (Å²) < 4.78 is -0.250. The number of nitrogens with zero attached hydrogens (tertiary/aromatic N) is 1. The zero-order chi connectivity index (χ0) is 7.98. The number of carbonyl (C=O) groups excluding carboxylic acids is 1. The molecule has 1 amide bonds. The zero-order valence-electron chi connectivity index (χ0n) is 5.11. The molecule has 0 unspecified atom stereocenters. The molecule has 0 aromatic carbocycles. The van der Waals surface area contributed by atoms with E-state index in [2.05, 4.69) is 4.99 Å². The Bertz CT molecular complexity index is 142. The Labute approximate surface area is 74.2 Å². The standard InChI is InChI=1S/C5H6Cl3NO/c6-3-1-2-4(10)9-5(7)8/h1-3H2. The van der Waals surface area contributed by atoms with Gasteiger partial charge < -0.3 is 0 Å². The summed E-state index contributed by atoms with van der Waals surface area (Å²) in [6.07, 6.45) is 0.900. The first-order valence-corrected chi connectivity index (χ1v) is 3.94. The minimum absolute atomic E-state index is 0.250. The fourth-order valence-corrected chi connectivity index (χ4v) is 0.690. The van der Waals surface area contributed by atoms with Gasteiger partial charge in [0.15, 0.2) is 4.63 Å². The molecule has 5 heteroatoms. The summed E-state index contributed by atoms with van der Waals surface area (Å²) in [4.78, 5) is 13.9. The Morgan fingerprint density at radius 1 is 1.40 bits per heavy atom. The van der Waals surface area contributed by atoms with Gasteiger partial charge in [-0.25, -0.2) is 0 Å². The van der Waals surface area contributed by atoms with E-state index in [1.807, 2.05) is 0 Å². The summed E-state index contributed by atoms with van der Waals surface area (Å²) in [5, 5.41) is 0. The van der Waals surface area contributed by atoms with E-state index in [0.717, 1.165) is 0 Å². The lowest BCUT2D eigenvalue weighted by Crippen LogP contribution is -1.94. The fraction of sp³-hybridized carbons (Fsp3) is 0.600. The lowest BCUT2D eigenvalue weighted by Gasteiger charge is -1.88. The van der Waals surface area contributed by atoms with Gasteiger partial charge in [-0.1, -0.05) is 0 Å². The van der Waals surface area contributed by atoms with Crippen molar-refractivity contribution in [2.45, 2.75) is 12.8 Å². The monoisotopic (exact) mass is 201 g/mol. The van der Waals surface area contributed by atoms with Gasteiger partial charge in [0.05, 0.1) is 0 Å². The molecule has 10 heavy (non-hydrogen) atoms. The molecule has 0 aromatic heterocycles. The number of alkyl halides is 1. The minimum atomic E-state index is -0.333. The molecular weight excluding hydrogens is 196 g/mol. The quantitative estimate of drug-likeness (QED) is 0.510. The SMILES string of the molecule is O=C(CCCCl)N=C(Cl)Cl. The van der Waals surface area contributed by atoms with E-state index in [-0.39, 0.29) is 10.5 Å². The molecule has 0 bridgehead atoms. The van der Waals surface area contributed by atoms with Crippen molar-refractivity contribution in [3.8, 4) is 0 Å². The Hall–Kier alpha value is 0.210. The van der Waals surface area contributed by atoms with E-state index >= 15 is 0 Å². The number of hydrogen-bond donors (Lipinski definition) is 0. The number of amides is 1. The number of aliphatic imine (C=N–C) groups is 1. The van der Waals surface area contributed by atoms with Crippen LogP contribution in [0.2, 0.25) is 0 Å². The van der Waals surface area contributed by atoms with Crippen LogP contribution in [0.5, 0.6) is 0 Å². The van der Waals surface area contributed by atoms with Gasteiger partial charge in [-0.2, -0.15) is 4.99 Å². The number of carbonyl (C=O) groups is 1. The van der Waals surface area contributed by atoms with Gasteiger partial charge >= 0.3 is 0 Å². The molecule has 2 nitrogen and oxygen atoms in total. The number of halogens is 3. The van der Waals surface area contributed by atoms with Crippen molar-refractivity contribution in [1.82, 2.24) is 0 Å². The highest BCUT2D eigenvalue weighted by Crippen LogP contribution is 1.98. The van der Waals surface area contributed by atoms with Crippen molar-refractivity contribution in [2.24, 2.45) is 4.99 Å². The molecule has 0 saturated carbocycles. The summed E-state index contributed by atoms with van der Waals surface area (Å²) in [5.41, 5.74) is 0. The molecule has 0 aliphatic rings. The Kier molecular flexibility index (Phi) is 6.08. The molecule has 0 spiro atoms. The molecule has 0 fully saturated rings. The fourth-order valence-electron chi connectivity index (χ4n) is 0.368. The molecule has 0 aliphatic heterocycles. The van der Waals surface area contributed by atoms with Crippen molar-refractivity contribution in [3.05, 3.63) is 0 Å². The van der Waals surface area contributed by atoms with Crippen molar-refractivity contribution in [2.75, 3.05) is 5.88 Å². The second kappa shape index (κ2) is 5.96. The van der Waals surface area contributed by atoms with E-state index in [1.54, 1.807) is 0 Å². The second-order valence-electron chi connectivity index (χ2n) is 1.54. The van der Waals surface area contributed by atoms with Gasteiger partial charge in [0.1, 0.15) is 0 Å². The zero-order valence-corrected chi connectivity index (χ0v) is 7.38. The maximum atomic E-state index is 10.6. The lowest BCUT2D eigenvalue weighted by molar-refractivity contribution is -0.117. The largest absolute Gasteiger partial charge is 0.273 e. The van der Waals surface area contributed by atoms with Crippen molar-refractivity contribution in [1.29, 1.82) is 0 Å². The molecular formula is C5H6Cl3NO. The Morgan fingerprint density at radius 3 is 2.40 bits per heavy atom. The average Bonchev–Trinajstić information content (AvgIpc) is 1.82. The van der Waals surface area contributed by atoms with Gasteiger partial charge in [-0.15, -0.1) is 11.6 Å². The van der Waals surface area contributed by atoms with Gasteiger partial charge in [-0.3, -0.25) is 4.79 Å². The molecule has 0 radical (unpaired) electrons. The highest BCUT2D eigenvalue weighted by molar-refractivity contribution is 6.95. The number of hydrogen-bond acceptors (Lipinski definition) is 1. The molecule has 58 valence electrons. The van der Waals surface area contributed by atoms with Crippen LogP contribution in [0.1, 0.15) is 12.8 Å². The summed E-state index contributed by atoms with van der Waals surface area (Å²) in [5.74, 6) is 0.113.